The van der Waals surface area contributed by atoms with Gasteiger partial charge in [0.1, 0.15) is 5.75 Å². The Morgan fingerprint density at radius 2 is 1.90 bits per heavy atom. The van der Waals surface area contributed by atoms with Crippen LogP contribution in [0.5, 0.6) is 5.75 Å². The summed E-state index contributed by atoms with van der Waals surface area (Å²) in [4.78, 5) is 0. The minimum atomic E-state index is -0.0823. The Balaban J connectivity index is 2.03. The molecule has 0 fully saturated rings. The fraction of sp³-hybridized carbons (Fsp3) is 0.294. The average molecular weight is 271 g/mol. The number of hydrogen-bond donors (Lipinski definition) is 1. The number of rotatable bonds is 6. The molecule has 2 rings (SSSR count). The fourth-order valence-electron chi connectivity index (χ4n) is 2.13. The van der Waals surface area contributed by atoms with Crippen LogP contribution in [0, 0.1) is 6.92 Å². The summed E-state index contributed by atoms with van der Waals surface area (Å²) in [5.74, 6) is 0.839. The van der Waals surface area contributed by atoms with Gasteiger partial charge in [0.15, 0.2) is 0 Å². The lowest BCUT2D eigenvalue weighted by molar-refractivity contribution is 0.0455. The van der Waals surface area contributed by atoms with E-state index in [0.717, 1.165) is 16.9 Å². The third-order valence-electron chi connectivity index (χ3n) is 3.21. The van der Waals surface area contributed by atoms with Gasteiger partial charge in [-0.15, -0.1) is 0 Å². The summed E-state index contributed by atoms with van der Waals surface area (Å²) in [6.45, 7) is 3.06. The van der Waals surface area contributed by atoms with Gasteiger partial charge in [0, 0.05) is 6.54 Å². The molecule has 0 amide bonds. The number of hydrogen-bond acceptors (Lipinski definition) is 3. The molecule has 0 aliphatic heterocycles. The first-order valence-electron chi connectivity index (χ1n) is 6.74. The van der Waals surface area contributed by atoms with Crippen molar-refractivity contribution in [3.63, 3.8) is 0 Å². The van der Waals surface area contributed by atoms with Gasteiger partial charge in [-0.05, 0) is 30.2 Å². The Bertz CT molecular complexity index is 554. The van der Waals surface area contributed by atoms with E-state index in [-0.39, 0.29) is 6.10 Å². The zero-order chi connectivity index (χ0) is 14.4. The van der Waals surface area contributed by atoms with Gasteiger partial charge in [-0.3, -0.25) is 0 Å². The Kier molecular flexibility index (Phi) is 5.16. The van der Waals surface area contributed by atoms with E-state index in [1.54, 1.807) is 7.11 Å². The minimum absolute atomic E-state index is 0.0823. The van der Waals surface area contributed by atoms with Crippen molar-refractivity contribution in [3.05, 3.63) is 65.2 Å². The molecule has 2 N–H and O–H groups in total. The quantitative estimate of drug-likeness (QED) is 0.877. The molecule has 2 aromatic carbocycles. The highest BCUT2D eigenvalue weighted by Gasteiger charge is 2.10. The predicted octanol–water partition coefficient (Wildman–Crippen LogP) is 3.22. The summed E-state index contributed by atoms with van der Waals surface area (Å²) >= 11 is 0. The zero-order valence-corrected chi connectivity index (χ0v) is 12.0. The summed E-state index contributed by atoms with van der Waals surface area (Å²) in [7, 11) is 1.66. The highest BCUT2D eigenvalue weighted by atomic mass is 16.5. The first kappa shape index (κ1) is 14.6. The standard InChI is InChI=1S/C17H21NO2/c1-13-5-3-7-15(9-13)17(11-18)20-12-14-6-4-8-16(10-14)19-2/h3-10,17H,11-12,18H2,1-2H3. The van der Waals surface area contributed by atoms with Gasteiger partial charge in [0.25, 0.3) is 0 Å². The van der Waals surface area contributed by atoms with Crippen molar-refractivity contribution in [2.24, 2.45) is 5.73 Å². The SMILES string of the molecule is COc1cccc(COC(CN)c2cccc(C)c2)c1. The molecule has 0 aromatic heterocycles. The van der Waals surface area contributed by atoms with Crippen molar-refractivity contribution in [1.82, 2.24) is 0 Å². The number of aryl methyl sites for hydroxylation is 1. The van der Waals surface area contributed by atoms with Crippen molar-refractivity contribution in [1.29, 1.82) is 0 Å². The van der Waals surface area contributed by atoms with E-state index >= 15 is 0 Å². The van der Waals surface area contributed by atoms with Crippen LogP contribution < -0.4 is 10.5 Å². The summed E-state index contributed by atoms with van der Waals surface area (Å²) in [6, 6.07) is 16.1. The molecule has 0 aliphatic carbocycles. The second-order valence-electron chi connectivity index (χ2n) is 4.80. The van der Waals surface area contributed by atoms with Gasteiger partial charge >= 0.3 is 0 Å². The van der Waals surface area contributed by atoms with Crippen molar-refractivity contribution < 1.29 is 9.47 Å². The molecule has 1 atom stereocenters. The van der Waals surface area contributed by atoms with Crippen LogP contribution in [0.1, 0.15) is 22.8 Å². The van der Waals surface area contributed by atoms with Crippen LogP contribution in [0.2, 0.25) is 0 Å². The number of benzene rings is 2. The molecule has 20 heavy (non-hydrogen) atoms. The lowest BCUT2D eigenvalue weighted by Gasteiger charge is -2.17. The second-order valence-corrected chi connectivity index (χ2v) is 4.80. The Labute approximate surface area is 120 Å². The van der Waals surface area contributed by atoms with Crippen LogP contribution in [0.15, 0.2) is 48.5 Å². The summed E-state index contributed by atoms with van der Waals surface area (Å²) in [5.41, 5.74) is 9.24. The molecule has 2 aromatic rings. The molecule has 106 valence electrons. The molecule has 0 saturated carbocycles. The highest BCUT2D eigenvalue weighted by Crippen LogP contribution is 2.20. The largest absolute Gasteiger partial charge is 0.497 e. The monoisotopic (exact) mass is 271 g/mol. The van der Waals surface area contributed by atoms with Crippen molar-refractivity contribution in [2.75, 3.05) is 13.7 Å². The Morgan fingerprint density at radius 3 is 2.60 bits per heavy atom. The van der Waals surface area contributed by atoms with Crippen LogP contribution in [-0.4, -0.2) is 13.7 Å². The molecule has 0 heterocycles. The van der Waals surface area contributed by atoms with Crippen LogP contribution in [0.3, 0.4) is 0 Å². The van der Waals surface area contributed by atoms with Crippen molar-refractivity contribution >= 4 is 0 Å². The summed E-state index contributed by atoms with van der Waals surface area (Å²) < 4.78 is 11.1. The van der Waals surface area contributed by atoms with Gasteiger partial charge in [-0.1, -0.05) is 42.0 Å². The first-order valence-corrected chi connectivity index (χ1v) is 6.74. The molecule has 0 saturated heterocycles. The molecule has 0 spiro atoms. The van der Waals surface area contributed by atoms with Gasteiger partial charge < -0.3 is 15.2 Å². The van der Waals surface area contributed by atoms with E-state index in [1.165, 1.54) is 5.56 Å². The van der Waals surface area contributed by atoms with E-state index in [0.29, 0.717) is 13.2 Å². The van der Waals surface area contributed by atoms with Crippen LogP contribution in [0.25, 0.3) is 0 Å². The Morgan fingerprint density at radius 1 is 1.10 bits per heavy atom. The minimum Gasteiger partial charge on any atom is -0.497 e. The normalized spacial score (nSPS) is 12.2. The molecule has 3 heteroatoms. The number of ether oxygens (including phenoxy) is 2. The number of nitrogens with two attached hydrogens (primary N) is 1. The summed E-state index contributed by atoms with van der Waals surface area (Å²) in [6.07, 6.45) is -0.0823. The van der Waals surface area contributed by atoms with Crippen molar-refractivity contribution in [2.45, 2.75) is 19.6 Å². The van der Waals surface area contributed by atoms with Gasteiger partial charge in [-0.2, -0.15) is 0 Å². The first-order chi connectivity index (χ1) is 9.72. The van der Waals surface area contributed by atoms with E-state index < -0.39 is 0 Å². The topological polar surface area (TPSA) is 44.5 Å². The summed E-state index contributed by atoms with van der Waals surface area (Å²) in [5, 5.41) is 0. The molecule has 1 unspecified atom stereocenters. The molecular weight excluding hydrogens is 250 g/mol. The van der Waals surface area contributed by atoms with Gasteiger partial charge in [0.05, 0.1) is 19.8 Å². The van der Waals surface area contributed by atoms with Gasteiger partial charge in [0.2, 0.25) is 0 Å². The molecule has 3 nitrogen and oxygen atoms in total. The fourth-order valence-corrected chi connectivity index (χ4v) is 2.13. The molecule has 0 radical (unpaired) electrons. The van der Waals surface area contributed by atoms with Crippen LogP contribution >= 0.6 is 0 Å². The van der Waals surface area contributed by atoms with E-state index in [1.807, 2.05) is 30.3 Å². The maximum Gasteiger partial charge on any atom is 0.119 e. The second kappa shape index (κ2) is 7.08. The maximum absolute atomic E-state index is 5.94. The molecule has 0 aliphatic rings. The average Bonchev–Trinajstić information content (AvgIpc) is 2.48. The van der Waals surface area contributed by atoms with Crippen LogP contribution in [0.4, 0.5) is 0 Å². The maximum atomic E-state index is 5.94. The molecule has 0 bridgehead atoms. The van der Waals surface area contributed by atoms with Crippen LogP contribution in [-0.2, 0) is 11.3 Å². The van der Waals surface area contributed by atoms with Crippen molar-refractivity contribution in [3.8, 4) is 5.75 Å². The zero-order valence-electron chi connectivity index (χ0n) is 12.0. The predicted molar refractivity (Wildman–Crippen MR) is 80.8 cm³/mol. The lowest BCUT2D eigenvalue weighted by Crippen LogP contribution is -2.16. The molecular formula is C17H21NO2. The third kappa shape index (κ3) is 3.83. The lowest BCUT2D eigenvalue weighted by atomic mass is 10.1. The Hall–Kier alpha value is -1.84. The van der Waals surface area contributed by atoms with Gasteiger partial charge in [-0.25, -0.2) is 0 Å². The van der Waals surface area contributed by atoms with E-state index in [9.17, 15) is 0 Å². The third-order valence-corrected chi connectivity index (χ3v) is 3.21. The highest BCUT2D eigenvalue weighted by molar-refractivity contribution is 5.28. The van der Waals surface area contributed by atoms with E-state index in [2.05, 4.69) is 25.1 Å². The number of methoxy groups -OCH3 is 1. The van der Waals surface area contributed by atoms with E-state index in [4.69, 9.17) is 15.2 Å². The smallest absolute Gasteiger partial charge is 0.119 e.